The normalized spacial score (nSPS) is 28.5. The van der Waals surface area contributed by atoms with Crippen molar-refractivity contribution < 1.29 is 14.0 Å². The summed E-state index contributed by atoms with van der Waals surface area (Å²) in [7, 11) is 0. The first-order chi connectivity index (χ1) is 11.1. The first kappa shape index (κ1) is 18.8. The van der Waals surface area contributed by atoms with E-state index in [1.807, 2.05) is 0 Å². The Labute approximate surface area is 148 Å². The second-order valence-corrected chi connectivity index (χ2v) is 6.76. The fraction of sp³-hybridized carbons (Fsp3) is 0.647. The van der Waals surface area contributed by atoms with Gasteiger partial charge in [0.05, 0.1) is 6.26 Å². The SMILES string of the molecule is Cl.NC1CC2CCCC(C1)C2NC(=O)CCNC(=O)c1ccco1. The van der Waals surface area contributed by atoms with Gasteiger partial charge in [0.2, 0.25) is 5.91 Å². The lowest BCUT2D eigenvalue weighted by atomic mass is 9.67. The number of nitrogens with two attached hydrogens (primary N) is 1. The topological polar surface area (TPSA) is 97.4 Å². The minimum atomic E-state index is -0.289. The van der Waals surface area contributed by atoms with Crippen LogP contribution in [0.1, 0.15) is 49.1 Å². The number of hydrogen-bond acceptors (Lipinski definition) is 4. The zero-order chi connectivity index (χ0) is 16.2. The van der Waals surface area contributed by atoms with Gasteiger partial charge in [0.15, 0.2) is 5.76 Å². The fourth-order valence-electron chi connectivity index (χ4n) is 4.07. The second kappa shape index (κ2) is 8.53. The predicted molar refractivity (Wildman–Crippen MR) is 92.9 cm³/mol. The van der Waals surface area contributed by atoms with Gasteiger partial charge in [-0.2, -0.15) is 0 Å². The number of nitrogens with one attached hydrogen (secondary N) is 2. The summed E-state index contributed by atoms with van der Waals surface area (Å²) in [6, 6.07) is 3.80. The van der Waals surface area contributed by atoms with E-state index in [2.05, 4.69) is 10.6 Å². The van der Waals surface area contributed by atoms with Crippen LogP contribution in [0.5, 0.6) is 0 Å². The minimum absolute atomic E-state index is 0. The Kier molecular flexibility index (Phi) is 6.69. The molecule has 4 N–H and O–H groups in total. The van der Waals surface area contributed by atoms with Gasteiger partial charge in [0, 0.05) is 25.0 Å². The summed E-state index contributed by atoms with van der Waals surface area (Å²) in [5, 5.41) is 5.88. The average Bonchev–Trinajstić information content (AvgIpc) is 3.02. The molecule has 1 aromatic rings. The van der Waals surface area contributed by atoms with Crippen LogP contribution in [0.25, 0.3) is 0 Å². The molecule has 3 rings (SSSR count). The van der Waals surface area contributed by atoms with E-state index >= 15 is 0 Å². The summed E-state index contributed by atoms with van der Waals surface area (Å²) in [4.78, 5) is 23.9. The van der Waals surface area contributed by atoms with Crippen LogP contribution in [0, 0.1) is 11.8 Å². The van der Waals surface area contributed by atoms with Crippen LogP contribution in [0.4, 0.5) is 0 Å². The first-order valence-corrected chi connectivity index (χ1v) is 8.50. The van der Waals surface area contributed by atoms with Crippen molar-refractivity contribution in [1.29, 1.82) is 0 Å². The maximum absolute atomic E-state index is 12.2. The molecule has 2 aliphatic carbocycles. The molecule has 2 fully saturated rings. The molecule has 0 aliphatic heterocycles. The molecule has 2 aliphatic rings. The number of carbonyl (C=O) groups excluding carboxylic acids is 2. The van der Waals surface area contributed by atoms with E-state index in [0.29, 0.717) is 18.4 Å². The number of halogens is 1. The maximum atomic E-state index is 12.2. The quantitative estimate of drug-likeness (QED) is 0.750. The van der Waals surface area contributed by atoms with Crippen LogP contribution >= 0.6 is 12.4 Å². The highest BCUT2D eigenvalue weighted by Crippen LogP contribution is 2.39. The van der Waals surface area contributed by atoms with E-state index in [1.54, 1.807) is 12.1 Å². The lowest BCUT2D eigenvalue weighted by Gasteiger charge is -2.45. The third-order valence-electron chi connectivity index (χ3n) is 5.09. The highest BCUT2D eigenvalue weighted by Gasteiger charge is 2.39. The molecule has 2 bridgehead atoms. The van der Waals surface area contributed by atoms with Crippen LogP contribution in [0.15, 0.2) is 22.8 Å². The van der Waals surface area contributed by atoms with Crippen LogP contribution in [-0.2, 0) is 4.79 Å². The zero-order valence-corrected chi connectivity index (χ0v) is 14.5. The van der Waals surface area contributed by atoms with Crippen molar-refractivity contribution in [2.24, 2.45) is 17.6 Å². The Morgan fingerprint density at radius 3 is 2.58 bits per heavy atom. The van der Waals surface area contributed by atoms with Gasteiger partial charge in [-0.1, -0.05) is 6.42 Å². The molecule has 0 aromatic carbocycles. The molecule has 6 nitrogen and oxygen atoms in total. The van der Waals surface area contributed by atoms with E-state index < -0.39 is 0 Å². The molecule has 134 valence electrons. The summed E-state index contributed by atoms with van der Waals surface area (Å²) in [6.45, 7) is 0.312. The Morgan fingerprint density at radius 2 is 1.96 bits per heavy atom. The van der Waals surface area contributed by atoms with E-state index in [9.17, 15) is 9.59 Å². The molecule has 0 saturated heterocycles. The van der Waals surface area contributed by atoms with Crippen molar-refractivity contribution in [1.82, 2.24) is 10.6 Å². The van der Waals surface area contributed by atoms with Crippen LogP contribution in [0.3, 0.4) is 0 Å². The van der Waals surface area contributed by atoms with Crippen molar-refractivity contribution in [3.8, 4) is 0 Å². The largest absolute Gasteiger partial charge is 0.459 e. The van der Waals surface area contributed by atoms with Gasteiger partial charge in [0.1, 0.15) is 0 Å². The maximum Gasteiger partial charge on any atom is 0.286 e. The summed E-state index contributed by atoms with van der Waals surface area (Å²) in [6.07, 6.45) is 7.32. The van der Waals surface area contributed by atoms with Crippen molar-refractivity contribution in [3.05, 3.63) is 24.2 Å². The molecule has 0 radical (unpaired) electrons. The molecule has 7 heteroatoms. The Balaban J connectivity index is 0.00000208. The third kappa shape index (κ3) is 4.51. The number of rotatable bonds is 5. The molecule has 2 atom stereocenters. The van der Waals surface area contributed by atoms with Crippen LogP contribution in [-0.4, -0.2) is 30.4 Å². The van der Waals surface area contributed by atoms with Crippen molar-refractivity contribution >= 4 is 24.2 Å². The minimum Gasteiger partial charge on any atom is -0.459 e. The lowest BCUT2D eigenvalue weighted by Crippen LogP contribution is -2.54. The molecule has 2 unspecified atom stereocenters. The van der Waals surface area contributed by atoms with Gasteiger partial charge in [-0.3, -0.25) is 9.59 Å². The molecule has 24 heavy (non-hydrogen) atoms. The van der Waals surface area contributed by atoms with Gasteiger partial charge in [-0.15, -0.1) is 12.4 Å². The monoisotopic (exact) mass is 355 g/mol. The van der Waals surface area contributed by atoms with Crippen molar-refractivity contribution in [2.75, 3.05) is 6.54 Å². The highest BCUT2D eigenvalue weighted by molar-refractivity contribution is 5.91. The van der Waals surface area contributed by atoms with E-state index in [4.69, 9.17) is 10.2 Å². The summed E-state index contributed by atoms with van der Waals surface area (Å²) in [5.41, 5.74) is 6.11. The summed E-state index contributed by atoms with van der Waals surface area (Å²) in [5.74, 6) is 1.00. The lowest BCUT2D eigenvalue weighted by molar-refractivity contribution is -0.123. The Hall–Kier alpha value is -1.53. The van der Waals surface area contributed by atoms with Gasteiger partial charge in [0.25, 0.3) is 5.91 Å². The Bertz CT molecular complexity index is 535. The highest BCUT2D eigenvalue weighted by atomic mass is 35.5. The number of fused-ring (bicyclic) bond motifs is 2. The van der Waals surface area contributed by atoms with Gasteiger partial charge in [-0.05, 0) is 49.7 Å². The molecular formula is C17H26ClN3O3. The molecule has 2 saturated carbocycles. The van der Waals surface area contributed by atoms with Crippen LogP contribution in [0.2, 0.25) is 0 Å². The number of amides is 2. The fourth-order valence-corrected chi connectivity index (χ4v) is 4.07. The van der Waals surface area contributed by atoms with Crippen molar-refractivity contribution in [3.63, 3.8) is 0 Å². The zero-order valence-electron chi connectivity index (χ0n) is 13.7. The summed E-state index contributed by atoms with van der Waals surface area (Å²) >= 11 is 0. The molecule has 1 heterocycles. The van der Waals surface area contributed by atoms with Gasteiger partial charge < -0.3 is 20.8 Å². The van der Waals surface area contributed by atoms with E-state index in [-0.39, 0.29) is 48.5 Å². The number of furan rings is 1. The molecule has 1 aromatic heterocycles. The standard InChI is InChI=1S/C17H25N3O3.ClH/c18-13-9-11-3-1-4-12(10-13)16(11)20-15(21)6-7-19-17(22)14-5-2-8-23-14;/h2,5,8,11-13,16H,1,3-4,6-7,9-10,18H2,(H,19,22)(H,20,21);1H. The van der Waals surface area contributed by atoms with E-state index in [1.165, 1.54) is 12.7 Å². The smallest absolute Gasteiger partial charge is 0.286 e. The number of hydrogen-bond donors (Lipinski definition) is 3. The van der Waals surface area contributed by atoms with Gasteiger partial charge >= 0.3 is 0 Å². The molecule has 0 spiro atoms. The van der Waals surface area contributed by atoms with Crippen molar-refractivity contribution in [2.45, 2.75) is 50.6 Å². The molecule has 2 amide bonds. The predicted octanol–water partition coefficient (Wildman–Crippen LogP) is 1.84. The second-order valence-electron chi connectivity index (χ2n) is 6.76. The number of carbonyl (C=O) groups is 2. The third-order valence-corrected chi connectivity index (χ3v) is 5.09. The molecular weight excluding hydrogens is 330 g/mol. The average molecular weight is 356 g/mol. The van der Waals surface area contributed by atoms with Crippen LogP contribution < -0.4 is 16.4 Å². The first-order valence-electron chi connectivity index (χ1n) is 8.50. The van der Waals surface area contributed by atoms with E-state index in [0.717, 1.165) is 25.7 Å². The summed E-state index contributed by atoms with van der Waals surface area (Å²) < 4.78 is 5.01. The van der Waals surface area contributed by atoms with Gasteiger partial charge in [-0.25, -0.2) is 0 Å². The Morgan fingerprint density at radius 1 is 1.25 bits per heavy atom.